The molecule has 1 atom stereocenters. The molecule has 0 amide bonds. The summed E-state index contributed by atoms with van der Waals surface area (Å²) in [6, 6.07) is 17.6. The Kier molecular flexibility index (Phi) is 2.70. The Labute approximate surface area is 89.5 Å². The van der Waals surface area contributed by atoms with Crippen molar-refractivity contribution in [1.82, 2.24) is 0 Å². The van der Waals surface area contributed by atoms with Crippen molar-refractivity contribution < 1.29 is 0 Å². The lowest BCUT2D eigenvalue weighted by molar-refractivity contribution is 0.872. The van der Waals surface area contributed by atoms with Gasteiger partial charge in [0.25, 0.3) is 0 Å². The number of anilines is 1. The van der Waals surface area contributed by atoms with Gasteiger partial charge in [-0.15, -0.1) is 0 Å². The first-order chi connectivity index (χ1) is 7.27. The van der Waals surface area contributed by atoms with Gasteiger partial charge in [-0.1, -0.05) is 42.5 Å². The van der Waals surface area contributed by atoms with Crippen LogP contribution >= 0.6 is 0 Å². The van der Waals surface area contributed by atoms with Crippen LogP contribution in [0.3, 0.4) is 0 Å². The number of rotatable bonds is 2. The summed E-state index contributed by atoms with van der Waals surface area (Å²) >= 11 is 0. The minimum absolute atomic E-state index is 0.0770. The van der Waals surface area contributed by atoms with Crippen molar-refractivity contribution in [3.63, 3.8) is 0 Å². The van der Waals surface area contributed by atoms with Crippen molar-refractivity contribution in [2.24, 2.45) is 5.73 Å². The van der Waals surface area contributed by atoms with Crippen LogP contribution in [0, 0.1) is 0 Å². The van der Waals surface area contributed by atoms with Crippen molar-refractivity contribution in [2.75, 3.05) is 5.73 Å². The van der Waals surface area contributed by atoms with Crippen molar-refractivity contribution in [2.45, 2.75) is 6.04 Å². The highest BCUT2D eigenvalue weighted by atomic mass is 14.6. The maximum Gasteiger partial charge on any atom is 0.0551 e. The van der Waals surface area contributed by atoms with Gasteiger partial charge in [-0.05, 0) is 23.3 Å². The lowest BCUT2D eigenvalue weighted by Gasteiger charge is -2.12. The third-order valence-corrected chi connectivity index (χ3v) is 2.45. The molecule has 2 aromatic carbocycles. The average molecular weight is 198 g/mol. The van der Waals surface area contributed by atoms with Gasteiger partial charge in [-0.3, -0.25) is 0 Å². The molecule has 0 fully saturated rings. The molecule has 0 heterocycles. The van der Waals surface area contributed by atoms with Crippen molar-refractivity contribution in [3.8, 4) is 0 Å². The molecular weight excluding hydrogens is 184 g/mol. The fourth-order valence-electron chi connectivity index (χ4n) is 1.56. The van der Waals surface area contributed by atoms with E-state index in [0.29, 0.717) is 0 Å². The summed E-state index contributed by atoms with van der Waals surface area (Å²) in [5, 5.41) is 0. The zero-order valence-corrected chi connectivity index (χ0v) is 8.43. The quantitative estimate of drug-likeness (QED) is 0.727. The molecule has 15 heavy (non-hydrogen) atoms. The molecule has 0 aliphatic carbocycles. The first-order valence-electron chi connectivity index (χ1n) is 4.93. The highest BCUT2D eigenvalue weighted by molar-refractivity contribution is 5.42. The van der Waals surface area contributed by atoms with Gasteiger partial charge >= 0.3 is 0 Å². The van der Waals surface area contributed by atoms with E-state index in [2.05, 4.69) is 0 Å². The summed E-state index contributed by atoms with van der Waals surface area (Å²) in [5.74, 6) is 0. The van der Waals surface area contributed by atoms with Crippen LogP contribution in [0.2, 0.25) is 0 Å². The SMILES string of the molecule is Nc1ccc(C(N)c2ccccc2)cc1. The van der Waals surface area contributed by atoms with Gasteiger partial charge in [0.15, 0.2) is 0 Å². The zero-order valence-electron chi connectivity index (χ0n) is 8.43. The predicted octanol–water partition coefficient (Wildman–Crippen LogP) is 2.32. The Morgan fingerprint density at radius 3 is 1.87 bits per heavy atom. The maximum absolute atomic E-state index is 6.13. The molecule has 2 aromatic rings. The van der Waals surface area contributed by atoms with Gasteiger partial charge in [0.1, 0.15) is 0 Å². The minimum atomic E-state index is -0.0770. The summed E-state index contributed by atoms with van der Waals surface area (Å²) in [5.41, 5.74) is 14.7. The highest BCUT2D eigenvalue weighted by Gasteiger charge is 2.07. The second kappa shape index (κ2) is 4.15. The first kappa shape index (κ1) is 9.74. The lowest BCUT2D eigenvalue weighted by Crippen LogP contribution is -2.11. The molecule has 0 spiro atoms. The molecule has 2 nitrogen and oxygen atoms in total. The normalized spacial score (nSPS) is 12.3. The summed E-state index contributed by atoms with van der Waals surface area (Å²) in [7, 11) is 0. The average Bonchev–Trinajstić information content (AvgIpc) is 2.30. The third kappa shape index (κ3) is 2.17. The number of benzene rings is 2. The Bertz CT molecular complexity index is 420. The van der Waals surface area contributed by atoms with Crippen LogP contribution in [0.25, 0.3) is 0 Å². The molecule has 0 radical (unpaired) electrons. The van der Waals surface area contributed by atoms with Gasteiger partial charge in [-0.2, -0.15) is 0 Å². The Hall–Kier alpha value is -1.80. The van der Waals surface area contributed by atoms with E-state index in [1.165, 1.54) is 0 Å². The molecule has 0 bridgehead atoms. The highest BCUT2D eigenvalue weighted by Crippen LogP contribution is 2.19. The molecule has 0 aromatic heterocycles. The minimum Gasteiger partial charge on any atom is -0.399 e. The Morgan fingerprint density at radius 2 is 1.27 bits per heavy atom. The third-order valence-electron chi connectivity index (χ3n) is 2.45. The molecule has 2 rings (SSSR count). The molecule has 4 N–H and O–H groups in total. The van der Waals surface area contributed by atoms with Gasteiger partial charge in [0, 0.05) is 5.69 Å². The lowest BCUT2D eigenvalue weighted by atomic mass is 10.00. The van der Waals surface area contributed by atoms with Gasteiger partial charge < -0.3 is 11.5 Å². The van der Waals surface area contributed by atoms with Crippen LogP contribution in [0.1, 0.15) is 17.2 Å². The second-order valence-corrected chi connectivity index (χ2v) is 3.56. The van der Waals surface area contributed by atoms with E-state index in [4.69, 9.17) is 11.5 Å². The van der Waals surface area contributed by atoms with Gasteiger partial charge in [0.2, 0.25) is 0 Å². The van der Waals surface area contributed by atoms with Crippen molar-refractivity contribution >= 4 is 5.69 Å². The van der Waals surface area contributed by atoms with Crippen LogP contribution in [-0.4, -0.2) is 0 Å². The van der Waals surface area contributed by atoms with Gasteiger partial charge in [-0.25, -0.2) is 0 Å². The molecule has 0 saturated heterocycles. The fraction of sp³-hybridized carbons (Fsp3) is 0.0769. The number of hydrogen-bond acceptors (Lipinski definition) is 2. The number of nitrogen functional groups attached to an aromatic ring is 1. The summed E-state index contributed by atoms with van der Waals surface area (Å²) in [4.78, 5) is 0. The molecule has 0 saturated carbocycles. The monoisotopic (exact) mass is 198 g/mol. The van der Waals surface area contributed by atoms with E-state index in [9.17, 15) is 0 Å². The van der Waals surface area contributed by atoms with Crippen LogP contribution in [0.5, 0.6) is 0 Å². The van der Waals surface area contributed by atoms with E-state index in [1.54, 1.807) is 0 Å². The van der Waals surface area contributed by atoms with Crippen LogP contribution in [0.15, 0.2) is 54.6 Å². The summed E-state index contributed by atoms with van der Waals surface area (Å²) in [6.45, 7) is 0. The largest absolute Gasteiger partial charge is 0.399 e. The van der Waals surface area contributed by atoms with E-state index < -0.39 is 0 Å². The molecule has 76 valence electrons. The molecule has 0 aliphatic heterocycles. The van der Waals surface area contributed by atoms with E-state index in [0.717, 1.165) is 16.8 Å². The molecular formula is C13H14N2. The van der Waals surface area contributed by atoms with Gasteiger partial charge in [0.05, 0.1) is 6.04 Å². The standard InChI is InChI=1S/C13H14N2/c14-12-8-6-11(7-9-12)13(15)10-4-2-1-3-5-10/h1-9,13H,14-15H2. The van der Waals surface area contributed by atoms with E-state index in [-0.39, 0.29) is 6.04 Å². The zero-order chi connectivity index (χ0) is 10.7. The molecule has 0 aliphatic rings. The Balaban J connectivity index is 2.29. The predicted molar refractivity (Wildman–Crippen MR) is 63.3 cm³/mol. The maximum atomic E-state index is 6.13. The molecule has 1 unspecified atom stereocenters. The van der Waals surface area contributed by atoms with E-state index >= 15 is 0 Å². The second-order valence-electron chi connectivity index (χ2n) is 3.56. The molecule has 2 heteroatoms. The number of nitrogens with two attached hydrogens (primary N) is 2. The summed E-state index contributed by atoms with van der Waals surface area (Å²) < 4.78 is 0. The van der Waals surface area contributed by atoms with Crippen molar-refractivity contribution in [3.05, 3.63) is 65.7 Å². The summed E-state index contributed by atoms with van der Waals surface area (Å²) in [6.07, 6.45) is 0. The topological polar surface area (TPSA) is 52.0 Å². The van der Waals surface area contributed by atoms with Crippen LogP contribution in [0.4, 0.5) is 5.69 Å². The number of hydrogen-bond donors (Lipinski definition) is 2. The smallest absolute Gasteiger partial charge is 0.0551 e. The Morgan fingerprint density at radius 1 is 0.733 bits per heavy atom. The van der Waals surface area contributed by atoms with E-state index in [1.807, 2.05) is 54.6 Å². The van der Waals surface area contributed by atoms with Crippen LogP contribution < -0.4 is 11.5 Å². The fourth-order valence-corrected chi connectivity index (χ4v) is 1.56. The first-order valence-corrected chi connectivity index (χ1v) is 4.93. The van der Waals surface area contributed by atoms with Crippen LogP contribution in [-0.2, 0) is 0 Å². The van der Waals surface area contributed by atoms with Crippen molar-refractivity contribution in [1.29, 1.82) is 0 Å².